The summed E-state index contributed by atoms with van der Waals surface area (Å²) < 4.78 is 0. The third-order valence-corrected chi connectivity index (χ3v) is 3.76. The number of nitrogens with two attached hydrogens (primary N) is 1. The van der Waals surface area contributed by atoms with E-state index in [0.717, 1.165) is 5.01 Å². The maximum atomic E-state index is 11.9. The van der Waals surface area contributed by atoms with Gasteiger partial charge in [-0.2, -0.15) is 0 Å². The number of rotatable bonds is 5. The van der Waals surface area contributed by atoms with Crippen molar-refractivity contribution in [3.8, 4) is 0 Å². The summed E-state index contributed by atoms with van der Waals surface area (Å²) in [6.45, 7) is 5.65. The van der Waals surface area contributed by atoms with Crippen LogP contribution in [0.2, 0.25) is 0 Å². The first-order valence-electron chi connectivity index (χ1n) is 5.55. The van der Waals surface area contributed by atoms with Gasteiger partial charge in [0.2, 0.25) is 5.91 Å². The zero-order chi connectivity index (χ0) is 13.8. The lowest BCUT2D eigenvalue weighted by atomic mass is 9.91. The second-order valence-electron chi connectivity index (χ2n) is 4.59. The molecule has 0 fully saturated rings. The molecule has 1 heterocycles. The fraction of sp³-hybridized carbons (Fsp3) is 0.545. The highest BCUT2D eigenvalue weighted by Gasteiger charge is 2.32. The number of carbonyl (C=O) groups is 1. The summed E-state index contributed by atoms with van der Waals surface area (Å²) >= 11 is 1.55. The van der Waals surface area contributed by atoms with Gasteiger partial charge < -0.3 is 16.3 Å². The summed E-state index contributed by atoms with van der Waals surface area (Å²) in [7, 11) is 0. The lowest BCUT2D eigenvalue weighted by molar-refractivity contribution is -0.126. The van der Waals surface area contributed by atoms with Crippen molar-refractivity contribution < 1.29 is 10.0 Å². The summed E-state index contributed by atoms with van der Waals surface area (Å²) in [5.41, 5.74) is 4.45. The molecule has 1 aromatic rings. The number of amidine groups is 1. The van der Waals surface area contributed by atoms with Gasteiger partial charge in [-0.05, 0) is 13.8 Å². The number of oxime groups is 1. The summed E-state index contributed by atoms with van der Waals surface area (Å²) in [5, 5.41) is 17.2. The summed E-state index contributed by atoms with van der Waals surface area (Å²) in [6.07, 6.45) is 1.73. The van der Waals surface area contributed by atoms with Crippen LogP contribution in [0.15, 0.2) is 16.7 Å². The van der Waals surface area contributed by atoms with Crippen molar-refractivity contribution in [2.24, 2.45) is 16.3 Å². The highest BCUT2D eigenvalue weighted by atomic mass is 32.1. The number of aromatic nitrogens is 1. The maximum absolute atomic E-state index is 11.9. The van der Waals surface area contributed by atoms with E-state index >= 15 is 0 Å². The van der Waals surface area contributed by atoms with Crippen molar-refractivity contribution in [3.63, 3.8) is 0 Å². The molecule has 1 amide bonds. The van der Waals surface area contributed by atoms with Gasteiger partial charge in [0, 0.05) is 24.0 Å². The molecule has 0 spiro atoms. The first-order valence-corrected chi connectivity index (χ1v) is 6.43. The average molecular weight is 270 g/mol. The third-order valence-electron chi connectivity index (χ3n) is 2.76. The highest BCUT2D eigenvalue weighted by Crippen LogP contribution is 2.18. The molecule has 100 valence electrons. The van der Waals surface area contributed by atoms with Crippen LogP contribution in [-0.4, -0.2) is 28.5 Å². The number of carbonyl (C=O) groups excluding carboxylic acids is 1. The molecule has 4 N–H and O–H groups in total. The van der Waals surface area contributed by atoms with Gasteiger partial charge in [-0.3, -0.25) is 4.79 Å². The van der Waals surface area contributed by atoms with Crippen LogP contribution in [0.3, 0.4) is 0 Å². The number of thiazole rings is 1. The molecule has 1 rings (SSSR count). The van der Waals surface area contributed by atoms with Crippen LogP contribution in [0.4, 0.5) is 0 Å². The van der Waals surface area contributed by atoms with Gasteiger partial charge in [0.15, 0.2) is 5.84 Å². The number of hydrogen-bond donors (Lipinski definition) is 3. The molecule has 7 heteroatoms. The van der Waals surface area contributed by atoms with Crippen molar-refractivity contribution >= 4 is 23.1 Å². The molecular formula is C11H18N4O2S. The second-order valence-corrected chi connectivity index (χ2v) is 5.52. The fourth-order valence-corrected chi connectivity index (χ4v) is 1.97. The van der Waals surface area contributed by atoms with Gasteiger partial charge in [0.25, 0.3) is 0 Å². The number of nitrogens with zero attached hydrogens (tertiary/aromatic N) is 2. The van der Waals surface area contributed by atoms with E-state index in [1.807, 2.05) is 12.3 Å². The summed E-state index contributed by atoms with van der Waals surface area (Å²) in [4.78, 5) is 16.1. The summed E-state index contributed by atoms with van der Waals surface area (Å²) in [6, 6.07) is 0. The minimum Gasteiger partial charge on any atom is -0.409 e. The molecule has 1 unspecified atom stereocenters. The SMILES string of the molecule is CC(CNC(=O)C(C)(C)/C(N)=N/O)c1nccs1. The third kappa shape index (κ3) is 3.19. The van der Waals surface area contributed by atoms with E-state index in [2.05, 4.69) is 15.5 Å². The molecule has 18 heavy (non-hydrogen) atoms. The molecule has 0 radical (unpaired) electrons. The van der Waals surface area contributed by atoms with Gasteiger partial charge in [-0.25, -0.2) is 4.98 Å². The standard InChI is InChI=1S/C11H18N4O2S/c1-7(8-13-4-5-18-8)6-14-10(16)11(2,3)9(12)15-17/h4-5,7,17H,6H2,1-3H3,(H2,12,15)(H,14,16). The van der Waals surface area contributed by atoms with Crippen LogP contribution >= 0.6 is 11.3 Å². The number of nitrogens with one attached hydrogen (secondary N) is 1. The lowest BCUT2D eigenvalue weighted by Gasteiger charge is -2.22. The topological polar surface area (TPSA) is 101 Å². The highest BCUT2D eigenvalue weighted by molar-refractivity contribution is 7.09. The van der Waals surface area contributed by atoms with Crippen LogP contribution in [0.1, 0.15) is 31.7 Å². The first kappa shape index (κ1) is 14.4. The molecule has 6 nitrogen and oxygen atoms in total. The molecule has 0 aliphatic carbocycles. The van der Waals surface area contributed by atoms with Crippen molar-refractivity contribution in [1.82, 2.24) is 10.3 Å². The van der Waals surface area contributed by atoms with E-state index in [4.69, 9.17) is 10.9 Å². The smallest absolute Gasteiger partial charge is 0.233 e. The van der Waals surface area contributed by atoms with Crippen LogP contribution in [0.5, 0.6) is 0 Å². The predicted molar refractivity (Wildman–Crippen MR) is 70.7 cm³/mol. The Morgan fingerprint density at radius 1 is 1.72 bits per heavy atom. The quantitative estimate of drug-likeness (QED) is 0.323. The van der Waals surface area contributed by atoms with E-state index in [1.165, 1.54) is 0 Å². The Morgan fingerprint density at radius 3 is 2.89 bits per heavy atom. The van der Waals surface area contributed by atoms with E-state index < -0.39 is 5.41 Å². The van der Waals surface area contributed by atoms with Gasteiger partial charge in [-0.1, -0.05) is 12.1 Å². The van der Waals surface area contributed by atoms with Crippen molar-refractivity contribution in [2.45, 2.75) is 26.7 Å². The van der Waals surface area contributed by atoms with E-state index in [-0.39, 0.29) is 17.7 Å². The first-order chi connectivity index (χ1) is 8.39. The molecule has 0 bridgehead atoms. The van der Waals surface area contributed by atoms with Gasteiger partial charge in [-0.15, -0.1) is 11.3 Å². The largest absolute Gasteiger partial charge is 0.409 e. The minimum atomic E-state index is -1.03. The molecular weight excluding hydrogens is 252 g/mol. The van der Waals surface area contributed by atoms with Crippen LogP contribution in [0, 0.1) is 5.41 Å². The van der Waals surface area contributed by atoms with Gasteiger partial charge in [0.05, 0.1) is 5.01 Å². The Balaban J connectivity index is 2.56. The van der Waals surface area contributed by atoms with Crippen molar-refractivity contribution in [2.75, 3.05) is 6.54 Å². The zero-order valence-electron chi connectivity index (χ0n) is 10.7. The van der Waals surface area contributed by atoms with Crippen LogP contribution in [0.25, 0.3) is 0 Å². The Kier molecular flexibility index (Phi) is 4.66. The predicted octanol–water partition coefficient (Wildman–Crippen LogP) is 1.14. The minimum absolute atomic E-state index is 0.109. The Bertz CT molecular complexity index is 428. The summed E-state index contributed by atoms with van der Waals surface area (Å²) in [5.74, 6) is -0.250. The number of amides is 1. The molecule has 1 aromatic heterocycles. The van der Waals surface area contributed by atoms with E-state index in [9.17, 15) is 4.79 Å². The van der Waals surface area contributed by atoms with Gasteiger partial charge in [0.1, 0.15) is 5.41 Å². The molecule has 0 aliphatic rings. The monoisotopic (exact) mass is 270 g/mol. The lowest BCUT2D eigenvalue weighted by Crippen LogP contribution is -2.46. The average Bonchev–Trinajstić information content (AvgIpc) is 2.87. The normalized spacial score (nSPS) is 14.3. The van der Waals surface area contributed by atoms with Gasteiger partial charge >= 0.3 is 0 Å². The van der Waals surface area contributed by atoms with Crippen LogP contribution in [-0.2, 0) is 4.79 Å². The molecule has 0 saturated heterocycles. The zero-order valence-corrected chi connectivity index (χ0v) is 11.5. The fourth-order valence-electron chi connectivity index (χ4n) is 1.27. The second kappa shape index (κ2) is 5.81. The Hall–Kier alpha value is -1.63. The van der Waals surface area contributed by atoms with E-state index in [1.54, 1.807) is 31.4 Å². The van der Waals surface area contributed by atoms with Crippen molar-refractivity contribution in [3.05, 3.63) is 16.6 Å². The number of hydrogen-bond acceptors (Lipinski definition) is 5. The van der Waals surface area contributed by atoms with Crippen LogP contribution < -0.4 is 11.1 Å². The molecule has 0 aromatic carbocycles. The van der Waals surface area contributed by atoms with E-state index in [0.29, 0.717) is 6.54 Å². The molecule has 0 aliphatic heterocycles. The van der Waals surface area contributed by atoms with Crippen molar-refractivity contribution in [1.29, 1.82) is 0 Å². The Labute approximate surface area is 110 Å². The maximum Gasteiger partial charge on any atom is 0.233 e. The Morgan fingerprint density at radius 2 is 2.39 bits per heavy atom. The molecule has 1 atom stereocenters. The molecule has 0 saturated carbocycles.